The number of carbonyl (C=O) groups excluding carboxylic acids is 4. The third kappa shape index (κ3) is 24.6. The van der Waals surface area contributed by atoms with E-state index in [4.69, 9.17) is 0 Å². The lowest BCUT2D eigenvalue weighted by molar-refractivity contribution is -0.119. The molecule has 0 aliphatic rings. The summed E-state index contributed by atoms with van der Waals surface area (Å²) < 4.78 is 0. The molecule has 0 radical (unpaired) electrons. The summed E-state index contributed by atoms with van der Waals surface area (Å²) in [4.78, 5) is 44.6. The fourth-order valence-corrected chi connectivity index (χ4v) is 3.63. The number of hydrogen-bond donors (Lipinski definition) is 0. The number of carbonyl (C=O) groups is 4. The zero-order chi connectivity index (χ0) is 23.0. The molecule has 4 heteroatoms. The van der Waals surface area contributed by atoms with Crippen molar-refractivity contribution in [3.8, 4) is 0 Å². The lowest BCUT2D eigenvalue weighted by Gasteiger charge is -2.02. The highest BCUT2D eigenvalue weighted by Crippen LogP contribution is 2.12. The Labute approximate surface area is 190 Å². The first-order valence-electron chi connectivity index (χ1n) is 12.7. The van der Waals surface area contributed by atoms with Crippen molar-refractivity contribution in [2.75, 3.05) is 0 Å². The van der Waals surface area contributed by atoms with Crippen LogP contribution in [0.1, 0.15) is 135 Å². The van der Waals surface area contributed by atoms with Crippen LogP contribution in [0.5, 0.6) is 0 Å². The molecule has 0 aliphatic carbocycles. The molecular formula is C27H46O4. The number of hydrogen-bond acceptors (Lipinski definition) is 4. The molecule has 0 unspecified atom stereocenters. The molecule has 0 aromatic heterocycles. The van der Waals surface area contributed by atoms with Crippen LogP contribution in [0, 0.1) is 0 Å². The van der Waals surface area contributed by atoms with Crippen LogP contribution in [0.4, 0.5) is 0 Å². The second-order valence-corrected chi connectivity index (χ2v) is 8.80. The van der Waals surface area contributed by atoms with E-state index in [1.54, 1.807) is 6.92 Å². The molecule has 0 atom stereocenters. The number of allylic oxidation sites excluding steroid dienone is 2. The fraction of sp³-hybridized carbons (Fsp3) is 0.778. The van der Waals surface area contributed by atoms with Crippen molar-refractivity contribution in [1.29, 1.82) is 0 Å². The van der Waals surface area contributed by atoms with Crippen LogP contribution in [0.2, 0.25) is 0 Å². The first-order chi connectivity index (χ1) is 15.1. The molecule has 0 aromatic rings. The largest absolute Gasteiger partial charge is 0.303 e. The van der Waals surface area contributed by atoms with Gasteiger partial charge < -0.3 is 9.59 Å². The highest BCUT2D eigenvalue weighted by Gasteiger charge is 2.02. The molecule has 0 bridgehead atoms. The topological polar surface area (TPSA) is 68.3 Å². The molecule has 0 heterocycles. The molecule has 0 saturated carbocycles. The molecule has 0 aromatic carbocycles. The van der Waals surface area contributed by atoms with E-state index in [0.29, 0.717) is 43.7 Å². The number of rotatable bonds is 24. The SMILES string of the molecule is CC(=O)CCCCCC(=O)C/C=C/CCCCCCCCCC(=O)CCCCCC=O. The average molecular weight is 435 g/mol. The Morgan fingerprint density at radius 1 is 0.516 bits per heavy atom. The molecule has 0 saturated heterocycles. The third-order valence-corrected chi connectivity index (χ3v) is 5.60. The van der Waals surface area contributed by atoms with Gasteiger partial charge in [0, 0.05) is 38.5 Å². The van der Waals surface area contributed by atoms with Crippen molar-refractivity contribution in [3.63, 3.8) is 0 Å². The van der Waals surface area contributed by atoms with E-state index >= 15 is 0 Å². The molecule has 0 rings (SSSR count). The van der Waals surface area contributed by atoms with E-state index in [2.05, 4.69) is 6.08 Å². The smallest absolute Gasteiger partial charge is 0.136 e. The van der Waals surface area contributed by atoms with Gasteiger partial charge in [0.2, 0.25) is 0 Å². The minimum Gasteiger partial charge on any atom is -0.303 e. The van der Waals surface area contributed by atoms with Gasteiger partial charge in [-0.1, -0.05) is 57.1 Å². The van der Waals surface area contributed by atoms with Crippen LogP contribution in [-0.4, -0.2) is 23.6 Å². The second-order valence-electron chi connectivity index (χ2n) is 8.80. The maximum Gasteiger partial charge on any atom is 0.136 e. The van der Waals surface area contributed by atoms with Crippen LogP contribution >= 0.6 is 0 Å². The zero-order valence-electron chi connectivity index (χ0n) is 20.0. The summed E-state index contributed by atoms with van der Waals surface area (Å²) in [7, 11) is 0. The van der Waals surface area contributed by atoms with E-state index in [9.17, 15) is 19.2 Å². The van der Waals surface area contributed by atoms with Crippen LogP contribution in [0.25, 0.3) is 0 Å². The molecule has 0 fully saturated rings. The standard InChI is InChI=1S/C27H46O4/c1-25(29)19-13-12-17-23-27(31)21-15-9-7-5-3-2-4-6-8-14-20-26(30)22-16-10-11-18-24-28/h9,15,24H,2-8,10-14,16-23H2,1H3/b15-9+. The Morgan fingerprint density at radius 3 is 1.58 bits per heavy atom. The Morgan fingerprint density at radius 2 is 0.968 bits per heavy atom. The summed E-state index contributed by atoms with van der Waals surface area (Å²) in [6.07, 6.45) is 23.8. The zero-order valence-corrected chi connectivity index (χ0v) is 20.0. The summed E-state index contributed by atoms with van der Waals surface area (Å²) in [6.45, 7) is 1.62. The maximum absolute atomic E-state index is 11.8. The first kappa shape index (κ1) is 29.4. The summed E-state index contributed by atoms with van der Waals surface area (Å²) in [5.41, 5.74) is 0. The van der Waals surface area contributed by atoms with Gasteiger partial charge in [-0.25, -0.2) is 0 Å². The molecule has 0 N–H and O–H groups in total. The lowest BCUT2D eigenvalue weighted by atomic mass is 10.0. The van der Waals surface area contributed by atoms with Crippen LogP contribution < -0.4 is 0 Å². The van der Waals surface area contributed by atoms with Gasteiger partial charge in [0.05, 0.1) is 0 Å². The Hall–Kier alpha value is -1.58. The third-order valence-electron chi connectivity index (χ3n) is 5.60. The quantitative estimate of drug-likeness (QED) is 0.0909. The monoisotopic (exact) mass is 434 g/mol. The van der Waals surface area contributed by atoms with Gasteiger partial charge in [-0.15, -0.1) is 0 Å². The van der Waals surface area contributed by atoms with E-state index in [1.807, 2.05) is 6.08 Å². The predicted molar refractivity (Wildman–Crippen MR) is 128 cm³/mol. The molecular weight excluding hydrogens is 388 g/mol. The highest BCUT2D eigenvalue weighted by molar-refractivity contribution is 5.79. The van der Waals surface area contributed by atoms with E-state index in [1.165, 1.54) is 32.1 Å². The van der Waals surface area contributed by atoms with Gasteiger partial charge in [-0.05, 0) is 51.9 Å². The van der Waals surface area contributed by atoms with Gasteiger partial charge >= 0.3 is 0 Å². The predicted octanol–water partition coefficient (Wildman–Crippen LogP) is 7.27. The van der Waals surface area contributed by atoms with Crippen molar-refractivity contribution in [2.45, 2.75) is 135 Å². The minimum absolute atomic E-state index is 0.233. The summed E-state index contributed by atoms with van der Waals surface area (Å²) >= 11 is 0. The van der Waals surface area contributed by atoms with E-state index in [0.717, 1.165) is 70.5 Å². The lowest BCUT2D eigenvalue weighted by Crippen LogP contribution is -1.97. The van der Waals surface area contributed by atoms with Crippen LogP contribution in [0.3, 0.4) is 0 Å². The highest BCUT2D eigenvalue weighted by atomic mass is 16.1. The second kappa shape index (κ2) is 23.1. The number of aldehydes is 1. The van der Waals surface area contributed by atoms with Crippen molar-refractivity contribution < 1.29 is 19.2 Å². The van der Waals surface area contributed by atoms with Crippen LogP contribution in [-0.2, 0) is 19.2 Å². The van der Waals surface area contributed by atoms with Crippen molar-refractivity contribution in [3.05, 3.63) is 12.2 Å². The Kier molecular flexibility index (Phi) is 21.9. The number of unbranched alkanes of at least 4 members (excludes halogenated alkanes) is 12. The molecule has 31 heavy (non-hydrogen) atoms. The average Bonchev–Trinajstić information content (AvgIpc) is 2.73. The molecule has 0 spiro atoms. The Bertz CT molecular complexity index is 507. The molecule has 178 valence electrons. The van der Waals surface area contributed by atoms with Crippen molar-refractivity contribution in [1.82, 2.24) is 0 Å². The van der Waals surface area contributed by atoms with Gasteiger partial charge in [0.25, 0.3) is 0 Å². The fourth-order valence-electron chi connectivity index (χ4n) is 3.63. The van der Waals surface area contributed by atoms with E-state index < -0.39 is 0 Å². The van der Waals surface area contributed by atoms with E-state index in [-0.39, 0.29) is 5.78 Å². The van der Waals surface area contributed by atoms with Gasteiger partial charge in [-0.3, -0.25) is 9.59 Å². The van der Waals surface area contributed by atoms with Gasteiger partial charge in [-0.2, -0.15) is 0 Å². The van der Waals surface area contributed by atoms with Crippen molar-refractivity contribution >= 4 is 23.6 Å². The summed E-state index contributed by atoms with van der Waals surface area (Å²) in [5.74, 6) is 0.913. The first-order valence-corrected chi connectivity index (χ1v) is 12.7. The number of Topliss-reactive ketones (excluding diaryl/α,β-unsaturated/α-hetero) is 3. The maximum atomic E-state index is 11.8. The number of ketones is 3. The normalized spacial score (nSPS) is 11.1. The molecule has 0 aliphatic heterocycles. The summed E-state index contributed by atoms with van der Waals surface area (Å²) in [5, 5.41) is 0. The van der Waals surface area contributed by atoms with Crippen molar-refractivity contribution in [2.24, 2.45) is 0 Å². The minimum atomic E-state index is 0.233. The molecule has 4 nitrogen and oxygen atoms in total. The Balaban J connectivity index is 3.33. The van der Waals surface area contributed by atoms with Gasteiger partial charge in [0.15, 0.2) is 0 Å². The van der Waals surface area contributed by atoms with Gasteiger partial charge in [0.1, 0.15) is 23.6 Å². The summed E-state index contributed by atoms with van der Waals surface area (Å²) in [6, 6.07) is 0. The molecule has 0 amide bonds. The van der Waals surface area contributed by atoms with Crippen LogP contribution in [0.15, 0.2) is 12.2 Å².